The van der Waals surface area contributed by atoms with Crippen LogP contribution in [0.25, 0.3) is 0 Å². The van der Waals surface area contributed by atoms with Gasteiger partial charge < -0.3 is 10.0 Å². The Morgan fingerprint density at radius 2 is 1.75 bits per heavy atom. The molecule has 0 spiro atoms. The predicted molar refractivity (Wildman–Crippen MR) is 76.9 cm³/mol. The summed E-state index contributed by atoms with van der Waals surface area (Å²) >= 11 is 0. The molecule has 1 aromatic heterocycles. The summed E-state index contributed by atoms with van der Waals surface area (Å²) in [4.78, 5) is 28.7. The van der Waals surface area contributed by atoms with Crippen LogP contribution in [0.1, 0.15) is 60.4 Å². The quantitative estimate of drug-likeness (QED) is 0.793. The molecule has 1 amide bonds. The van der Waals surface area contributed by atoms with Crippen LogP contribution in [-0.2, 0) is 0 Å². The van der Waals surface area contributed by atoms with Crippen LogP contribution in [-0.4, -0.2) is 40.0 Å². The first-order valence-corrected chi connectivity index (χ1v) is 7.08. The second kappa shape index (κ2) is 8.30. The first-order chi connectivity index (χ1) is 9.60. The minimum atomic E-state index is -1.09. The summed E-state index contributed by atoms with van der Waals surface area (Å²) in [5, 5.41) is 8.80. The fourth-order valence-corrected chi connectivity index (χ4v) is 1.84. The van der Waals surface area contributed by atoms with Gasteiger partial charge in [-0.2, -0.15) is 0 Å². The summed E-state index contributed by atoms with van der Waals surface area (Å²) in [5.41, 5.74) is 0.400. The van der Waals surface area contributed by atoms with E-state index >= 15 is 0 Å². The van der Waals surface area contributed by atoms with E-state index in [1.54, 1.807) is 0 Å². The Hall–Kier alpha value is -1.91. The zero-order chi connectivity index (χ0) is 15.0. The lowest BCUT2D eigenvalue weighted by Crippen LogP contribution is -2.33. The van der Waals surface area contributed by atoms with E-state index < -0.39 is 5.97 Å². The molecule has 0 aromatic carbocycles. The normalized spacial score (nSPS) is 10.3. The Morgan fingerprint density at radius 3 is 2.15 bits per heavy atom. The maximum absolute atomic E-state index is 12.4. The number of carbonyl (C=O) groups is 2. The maximum Gasteiger partial charge on any atom is 0.354 e. The van der Waals surface area contributed by atoms with E-state index in [9.17, 15) is 9.59 Å². The zero-order valence-corrected chi connectivity index (χ0v) is 12.1. The number of hydrogen-bond acceptors (Lipinski definition) is 3. The van der Waals surface area contributed by atoms with Gasteiger partial charge in [-0.15, -0.1) is 0 Å². The van der Waals surface area contributed by atoms with Crippen molar-refractivity contribution in [3.8, 4) is 0 Å². The molecule has 0 aliphatic heterocycles. The highest BCUT2D eigenvalue weighted by Crippen LogP contribution is 2.08. The number of aromatic carboxylic acids is 1. The number of carboxylic acid groups (broad SMARTS) is 1. The topological polar surface area (TPSA) is 70.5 Å². The number of amides is 1. The number of nitrogens with zero attached hydrogens (tertiary/aromatic N) is 2. The third-order valence-electron chi connectivity index (χ3n) is 3.08. The molecule has 0 saturated heterocycles. The minimum absolute atomic E-state index is 0.0461. The highest BCUT2D eigenvalue weighted by molar-refractivity contribution is 5.94. The predicted octanol–water partition coefficient (Wildman–Crippen LogP) is 2.82. The maximum atomic E-state index is 12.4. The first kappa shape index (κ1) is 16.1. The van der Waals surface area contributed by atoms with Gasteiger partial charge in [-0.05, 0) is 25.0 Å². The van der Waals surface area contributed by atoms with Crippen LogP contribution >= 0.6 is 0 Å². The smallest absolute Gasteiger partial charge is 0.354 e. The number of carboxylic acids is 1. The van der Waals surface area contributed by atoms with Gasteiger partial charge in [-0.1, -0.05) is 26.7 Å². The summed E-state index contributed by atoms with van der Waals surface area (Å²) in [6.07, 6.45) is 5.35. The van der Waals surface area contributed by atoms with Gasteiger partial charge in [0.25, 0.3) is 5.91 Å². The van der Waals surface area contributed by atoms with Crippen molar-refractivity contribution in [1.82, 2.24) is 9.88 Å². The third kappa shape index (κ3) is 4.64. The van der Waals surface area contributed by atoms with Crippen molar-refractivity contribution in [2.24, 2.45) is 0 Å². The Kier molecular flexibility index (Phi) is 6.70. The van der Waals surface area contributed by atoms with Crippen molar-refractivity contribution >= 4 is 11.9 Å². The van der Waals surface area contributed by atoms with E-state index in [1.165, 1.54) is 18.3 Å². The molecule has 0 bridgehead atoms. The van der Waals surface area contributed by atoms with Crippen molar-refractivity contribution in [3.63, 3.8) is 0 Å². The molecule has 5 nitrogen and oxygen atoms in total. The van der Waals surface area contributed by atoms with Crippen LogP contribution in [0.4, 0.5) is 0 Å². The molecule has 5 heteroatoms. The second-order valence-electron chi connectivity index (χ2n) is 4.74. The second-order valence-corrected chi connectivity index (χ2v) is 4.74. The summed E-state index contributed by atoms with van der Waals surface area (Å²) in [7, 11) is 0. The monoisotopic (exact) mass is 278 g/mol. The summed E-state index contributed by atoms with van der Waals surface area (Å²) in [6.45, 7) is 5.64. The molecule has 0 saturated carbocycles. The first-order valence-electron chi connectivity index (χ1n) is 7.08. The van der Waals surface area contributed by atoms with Crippen LogP contribution in [0.2, 0.25) is 0 Å². The van der Waals surface area contributed by atoms with E-state index in [-0.39, 0.29) is 11.6 Å². The molecule has 0 atom stereocenters. The van der Waals surface area contributed by atoms with Gasteiger partial charge in [0, 0.05) is 19.3 Å². The lowest BCUT2D eigenvalue weighted by atomic mass is 10.2. The molecule has 1 N–H and O–H groups in total. The standard InChI is InChI=1S/C15H22N2O3/c1-3-5-9-17(10-6-4-2)14(18)12-7-8-13(15(19)20)16-11-12/h7-8,11H,3-6,9-10H2,1-2H3,(H,19,20). The average molecular weight is 278 g/mol. The van der Waals surface area contributed by atoms with Crippen molar-refractivity contribution < 1.29 is 14.7 Å². The van der Waals surface area contributed by atoms with Gasteiger partial charge >= 0.3 is 5.97 Å². The highest BCUT2D eigenvalue weighted by Gasteiger charge is 2.16. The molecule has 0 fully saturated rings. The molecule has 1 aromatic rings. The molecule has 110 valence electrons. The Morgan fingerprint density at radius 1 is 1.15 bits per heavy atom. The van der Waals surface area contributed by atoms with Crippen molar-refractivity contribution in [3.05, 3.63) is 29.6 Å². The summed E-state index contributed by atoms with van der Waals surface area (Å²) < 4.78 is 0. The molecule has 0 aliphatic rings. The molecule has 1 rings (SSSR count). The SMILES string of the molecule is CCCCN(CCCC)C(=O)c1ccc(C(=O)O)nc1. The lowest BCUT2D eigenvalue weighted by Gasteiger charge is -2.22. The number of rotatable bonds is 8. The highest BCUT2D eigenvalue weighted by atomic mass is 16.4. The fourth-order valence-electron chi connectivity index (χ4n) is 1.84. The van der Waals surface area contributed by atoms with Crippen LogP contribution in [0.15, 0.2) is 18.3 Å². The van der Waals surface area contributed by atoms with E-state index in [0.29, 0.717) is 5.56 Å². The van der Waals surface area contributed by atoms with Gasteiger partial charge in [0.05, 0.1) is 5.56 Å². The van der Waals surface area contributed by atoms with Crippen LogP contribution in [0.5, 0.6) is 0 Å². The van der Waals surface area contributed by atoms with Gasteiger partial charge in [0.2, 0.25) is 0 Å². The van der Waals surface area contributed by atoms with Crippen molar-refractivity contribution in [2.45, 2.75) is 39.5 Å². The van der Waals surface area contributed by atoms with Gasteiger partial charge in [-0.3, -0.25) is 4.79 Å². The number of hydrogen-bond donors (Lipinski definition) is 1. The minimum Gasteiger partial charge on any atom is -0.477 e. The van der Waals surface area contributed by atoms with Crippen molar-refractivity contribution in [2.75, 3.05) is 13.1 Å². The molecular weight excluding hydrogens is 256 g/mol. The van der Waals surface area contributed by atoms with Crippen LogP contribution < -0.4 is 0 Å². The number of aromatic nitrogens is 1. The lowest BCUT2D eigenvalue weighted by molar-refractivity contribution is 0.0687. The van der Waals surface area contributed by atoms with Crippen LogP contribution in [0.3, 0.4) is 0 Å². The Balaban J connectivity index is 2.78. The van der Waals surface area contributed by atoms with Gasteiger partial charge in [0.1, 0.15) is 5.69 Å². The summed E-state index contributed by atoms with van der Waals surface area (Å²) in [6, 6.07) is 2.90. The zero-order valence-electron chi connectivity index (χ0n) is 12.1. The number of unbranched alkanes of at least 4 members (excludes halogenated alkanes) is 2. The van der Waals surface area contributed by atoms with Crippen molar-refractivity contribution in [1.29, 1.82) is 0 Å². The van der Waals surface area contributed by atoms with E-state index in [0.717, 1.165) is 38.8 Å². The van der Waals surface area contributed by atoms with Crippen LogP contribution in [0, 0.1) is 0 Å². The molecule has 1 heterocycles. The fraction of sp³-hybridized carbons (Fsp3) is 0.533. The molecule has 20 heavy (non-hydrogen) atoms. The molecule has 0 radical (unpaired) electrons. The third-order valence-corrected chi connectivity index (χ3v) is 3.08. The molecule has 0 aliphatic carbocycles. The largest absolute Gasteiger partial charge is 0.477 e. The molecular formula is C15H22N2O3. The Labute approximate surface area is 119 Å². The average Bonchev–Trinajstić information content (AvgIpc) is 2.47. The van der Waals surface area contributed by atoms with E-state index in [1.807, 2.05) is 4.90 Å². The van der Waals surface area contributed by atoms with E-state index in [4.69, 9.17) is 5.11 Å². The van der Waals surface area contributed by atoms with Gasteiger partial charge in [-0.25, -0.2) is 9.78 Å². The van der Waals surface area contributed by atoms with Gasteiger partial charge in [0.15, 0.2) is 0 Å². The summed E-state index contributed by atoms with van der Waals surface area (Å²) in [5.74, 6) is -1.16. The number of pyridine rings is 1. The molecule has 0 unspecified atom stereocenters. The Bertz CT molecular complexity index is 435. The van der Waals surface area contributed by atoms with E-state index in [2.05, 4.69) is 18.8 Å². The number of carbonyl (C=O) groups excluding carboxylic acids is 1.